The first-order valence-electron chi connectivity index (χ1n) is 10.2. The number of nitrogens with zero attached hydrogens (tertiary/aromatic N) is 1. The molecule has 0 fully saturated rings. The zero-order valence-corrected chi connectivity index (χ0v) is 20.8. The zero-order valence-electron chi connectivity index (χ0n) is 17.7. The fourth-order valence-corrected chi connectivity index (χ4v) is 4.48. The van der Waals surface area contributed by atoms with E-state index in [-0.39, 0.29) is 24.1 Å². The summed E-state index contributed by atoms with van der Waals surface area (Å²) in [6.07, 6.45) is 1.35. The first kappa shape index (κ1) is 25.9. The van der Waals surface area contributed by atoms with Crippen LogP contribution in [0.25, 0.3) is 0 Å². The van der Waals surface area contributed by atoms with Crippen LogP contribution in [0.2, 0.25) is 15.1 Å². The van der Waals surface area contributed by atoms with Crippen molar-refractivity contribution in [3.05, 3.63) is 68.7 Å². The van der Waals surface area contributed by atoms with Crippen molar-refractivity contribution in [1.29, 1.82) is 0 Å². The van der Waals surface area contributed by atoms with Gasteiger partial charge < -0.3 is 10.2 Å². The Balaban J connectivity index is 2.14. The fraction of sp³-hybridized carbons (Fsp3) is 0.391. The van der Waals surface area contributed by atoms with E-state index < -0.39 is 6.04 Å². The number of benzene rings is 2. The topological polar surface area (TPSA) is 49.4 Å². The number of rotatable bonds is 11. The molecule has 0 aliphatic rings. The summed E-state index contributed by atoms with van der Waals surface area (Å²) in [5.74, 6) is 0.672. The van der Waals surface area contributed by atoms with Crippen molar-refractivity contribution in [2.45, 2.75) is 45.0 Å². The second kappa shape index (κ2) is 13.2. The lowest BCUT2D eigenvalue weighted by atomic mass is 10.1. The van der Waals surface area contributed by atoms with Gasteiger partial charge in [0.1, 0.15) is 6.04 Å². The van der Waals surface area contributed by atoms with Crippen LogP contribution in [0.15, 0.2) is 42.5 Å². The highest BCUT2D eigenvalue weighted by molar-refractivity contribution is 7.99. The van der Waals surface area contributed by atoms with E-state index in [9.17, 15) is 9.59 Å². The van der Waals surface area contributed by atoms with Crippen LogP contribution in [0.5, 0.6) is 0 Å². The largest absolute Gasteiger partial charge is 0.354 e. The first-order chi connectivity index (χ1) is 14.8. The summed E-state index contributed by atoms with van der Waals surface area (Å²) < 4.78 is 0. The second-order valence-electron chi connectivity index (χ2n) is 7.11. The van der Waals surface area contributed by atoms with E-state index in [4.69, 9.17) is 34.8 Å². The highest BCUT2D eigenvalue weighted by Crippen LogP contribution is 2.25. The lowest BCUT2D eigenvalue weighted by Gasteiger charge is -2.30. The molecule has 2 aromatic carbocycles. The summed E-state index contributed by atoms with van der Waals surface area (Å²) in [6, 6.07) is 12.3. The van der Waals surface area contributed by atoms with Gasteiger partial charge in [-0.3, -0.25) is 9.59 Å². The van der Waals surface area contributed by atoms with Gasteiger partial charge in [0.2, 0.25) is 11.8 Å². The van der Waals surface area contributed by atoms with Crippen molar-refractivity contribution in [1.82, 2.24) is 10.2 Å². The molecule has 0 aromatic heterocycles. The van der Waals surface area contributed by atoms with Crippen LogP contribution in [0.1, 0.15) is 37.8 Å². The molecule has 2 rings (SSSR count). The van der Waals surface area contributed by atoms with Crippen molar-refractivity contribution in [2.24, 2.45) is 0 Å². The monoisotopic (exact) mass is 500 g/mol. The molecule has 8 heteroatoms. The Hall–Kier alpha value is -1.40. The molecule has 0 radical (unpaired) electrons. The first-order valence-corrected chi connectivity index (χ1v) is 12.5. The molecule has 0 heterocycles. The molecule has 1 N–H and O–H groups in total. The van der Waals surface area contributed by atoms with E-state index in [2.05, 4.69) is 5.32 Å². The molecule has 0 aliphatic heterocycles. The van der Waals surface area contributed by atoms with Gasteiger partial charge in [-0.2, -0.15) is 0 Å². The molecule has 168 valence electrons. The third-order valence-electron chi connectivity index (χ3n) is 4.66. The van der Waals surface area contributed by atoms with Gasteiger partial charge in [-0.05, 0) is 48.2 Å². The van der Waals surface area contributed by atoms with Crippen LogP contribution in [0.3, 0.4) is 0 Å². The van der Waals surface area contributed by atoms with Gasteiger partial charge in [0.15, 0.2) is 0 Å². The molecule has 4 nitrogen and oxygen atoms in total. The van der Waals surface area contributed by atoms with E-state index >= 15 is 0 Å². The lowest BCUT2D eigenvalue weighted by Crippen LogP contribution is -2.49. The number of hydrogen-bond acceptors (Lipinski definition) is 3. The van der Waals surface area contributed by atoms with Crippen molar-refractivity contribution >= 4 is 58.4 Å². The van der Waals surface area contributed by atoms with Crippen LogP contribution in [-0.4, -0.2) is 35.1 Å². The van der Waals surface area contributed by atoms with Crippen LogP contribution in [0.4, 0.5) is 0 Å². The molecule has 0 saturated heterocycles. The number of nitrogens with one attached hydrogen (secondary N) is 1. The van der Waals surface area contributed by atoms with Gasteiger partial charge in [-0.15, -0.1) is 11.8 Å². The molecule has 1 unspecified atom stereocenters. The van der Waals surface area contributed by atoms with E-state index in [1.54, 1.807) is 17.0 Å². The SMILES string of the molecule is CCCNC(=O)C(CC)N(Cc1ccc(Cl)c(Cl)c1)C(=O)CSCc1cccc(Cl)c1. The normalized spacial score (nSPS) is 11.8. The van der Waals surface area contributed by atoms with Crippen LogP contribution >= 0.6 is 46.6 Å². The number of thioether (sulfide) groups is 1. The summed E-state index contributed by atoms with van der Waals surface area (Å²) in [6.45, 7) is 4.76. The average molecular weight is 502 g/mol. The maximum absolute atomic E-state index is 13.2. The van der Waals surface area contributed by atoms with Crippen LogP contribution < -0.4 is 5.32 Å². The molecule has 2 amide bonds. The van der Waals surface area contributed by atoms with E-state index in [1.165, 1.54) is 11.8 Å². The van der Waals surface area contributed by atoms with Gasteiger partial charge in [0.05, 0.1) is 15.8 Å². The Bertz CT molecular complexity index is 895. The Morgan fingerprint density at radius 1 is 1.03 bits per heavy atom. The summed E-state index contributed by atoms with van der Waals surface area (Å²) in [4.78, 5) is 27.6. The van der Waals surface area contributed by atoms with Crippen LogP contribution in [0, 0.1) is 0 Å². The zero-order chi connectivity index (χ0) is 22.8. The Morgan fingerprint density at radius 2 is 1.81 bits per heavy atom. The van der Waals surface area contributed by atoms with Crippen molar-refractivity contribution in [3.63, 3.8) is 0 Å². The van der Waals surface area contributed by atoms with Crippen molar-refractivity contribution in [3.8, 4) is 0 Å². The van der Waals surface area contributed by atoms with Gasteiger partial charge in [0, 0.05) is 23.9 Å². The van der Waals surface area contributed by atoms with Gasteiger partial charge in [0.25, 0.3) is 0 Å². The summed E-state index contributed by atoms with van der Waals surface area (Å²) in [7, 11) is 0. The predicted octanol–water partition coefficient (Wildman–Crippen LogP) is 6.21. The van der Waals surface area contributed by atoms with Gasteiger partial charge in [-0.25, -0.2) is 0 Å². The molecular weight excluding hydrogens is 475 g/mol. The van der Waals surface area contributed by atoms with E-state index in [1.807, 2.05) is 44.2 Å². The molecule has 0 aliphatic carbocycles. The highest BCUT2D eigenvalue weighted by Gasteiger charge is 2.28. The minimum Gasteiger partial charge on any atom is -0.354 e. The predicted molar refractivity (Wildman–Crippen MR) is 132 cm³/mol. The van der Waals surface area contributed by atoms with Gasteiger partial charge >= 0.3 is 0 Å². The molecular formula is C23H27Cl3N2O2S. The minimum absolute atomic E-state index is 0.100. The highest BCUT2D eigenvalue weighted by atomic mass is 35.5. The van der Waals surface area contributed by atoms with Gasteiger partial charge in [-0.1, -0.05) is 66.8 Å². The molecule has 1 atom stereocenters. The smallest absolute Gasteiger partial charge is 0.242 e. The number of carbonyl (C=O) groups excluding carboxylic acids is 2. The number of amides is 2. The van der Waals surface area contributed by atoms with E-state index in [0.29, 0.717) is 33.8 Å². The fourth-order valence-electron chi connectivity index (χ4n) is 3.09. The lowest BCUT2D eigenvalue weighted by molar-refractivity contribution is -0.139. The third kappa shape index (κ3) is 8.23. The molecule has 0 spiro atoms. The maximum atomic E-state index is 13.2. The molecule has 2 aromatic rings. The standard InChI is InChI=1S/C23H27Cl3N2O2S/c1-3-10-27-23(30)21(4-2)28(13-16-8-9-19(25)20(26)12-16)22(29)15-31-14-17-6-5-7-18(24)11-17/h5-9,11-12,21H,3-4,10,13-15H2,1-2H3,(H,27,30). The Morgan fingerprint density at radius 3 is 2.45 bits per heavy atom. The quantitative estimate of drug-likeness (QED) is 0.398. The van der Waals surface area contributed by atoms with Crippen molar-refractivity contribution < 1.29 is 9.59 Å². The Kier molecular flexibility index (Phi) is 11.0. The average Bonchev–Trinajstić information content (AvgIpc) is 2.74. The summed E-state index contributed by atoms with van der Waals surface area (Å²) in [5, 5.41) is 4.46. The number of halogens is 3. The summed E-state index contributed by atoms with van der Waals surface area (Å²) in [5.41, 5.74) is 1.87. The number of carbonyl (C=O) groups is 2. The molecule has 0 saturated carbocycles. The minimum atomic E-state index is -0.555. The third-order valence-corrected chi connectivity index (χ3v) is 6.62. The Labute approximate surface area is 203 Å². The van der Waals surface area contributed by atoms with Crippen molar-refractivity contribution in [2.75, 3.05) is 12.3 Å². The molecule has 31 heavy (non-hydrogen) atoms. The van der Waals surface area contributed by atoms with E-state index in [0.717, 1.165) is 17.5 Å². The number of hydrogen-bond donors (Lipinski definition) is 1. The maximum Gasteiger partial charge on any atom is 0.242 e. The second-order valence-corrected chi connectivity index (χ2v) is 9.34. The molecule has 0 bridgehead atoms. The summed E-state index contributed by atoms with van der Waals surface area (Å²) >= 11 is 19.7. The van der Waals surface area contributed by atoms with Crippen LogP contribution in [-0.2, 0) is 21.9 Å².